The summed E-state index contributed by atoms with van der Waals surface area (Å²) in [6.45, 7) is 5.51. The molecule has 0 atom stereocenters. The van der Waals surface area contributed by atoms with E-state index in [4.69, 9.17) is 0 Å². The second-order valence-electron chi connectivity index (χ2n) is 5.83. The van der Waals surface area contributed by atoms with Gasteiger partial charge in [0, 0.05) is 30.5 Å². The highest BCUT2D eigenvalue weighted by atomic mass is 19.1. The summed E-state index contributed by atoms with van der Waals surface area (Å²) in [7, 11) is 0. The Morgan fingerprint density at radius 1 is 1.04 bits per heavy atom. The average molecular weight is 313 g/mol. The second-order valence-corrected chi connectivity index (χ2v) is 5.83. The van der Waals surface area contributed by atoms with Crippen molar-refractivity contribution >= 4 is 5.69 Å². The number of hydrogen-bond donors (Lipinski definition) is 1. The number of aromatic nitrogens is 4. The summed E-state index contributed by atoms with van der Waals surface area (Å²) in [6.07, 6.45) is 7.64. The van der Waals surface area contributed by atoms with Gasteiger partial charge in [0.2, 0.25) is 0 Å². The molecule has 0 spiro atoms. The molecule has 3 aromatic rings. The Labute approximate surface area is 134 Å². The molecule has 5 nitrogen and oxygen atoms in total. The largest absolute Gasteiger partial charge is 0.378 e. The molecule has 23 heavy (non-hydrogen) atoms. The number of benzene rings is 1. The zero-order valence-corrected chi connectivity index (χ0v) is 13.3. The molecule has 3 rings (SSSR count). The molecule has 1 aromatic carbocycles. The highest BCUT2D eigenvalue weighted by Gasteiger charge is 2.03. The van der Waals surface area contributed by atoms with Crippen molar-refractivity contribution in [1.29, 1.82) is 0 Å². The van der Waals surface area contributed by atoms with Gasteiger partial charge in [0.05, 0.1) is 24.6 Å². The molecule has 0 saturated heterocycles. The Bertz CT molecular complexity index is 757. The van der Waals surface area contributed by atoms with E-state index < -0.39 is 0 Å². The number of halogens is 1. The molecule has 0 amide bonds. The van der Waals surface area contributed by atoms with Crippen LogP contribution in [-0.4, -0.2) is 19.6 Å². The maximum Gasteiger partial charge on any atom is 0.123 e. The number of nitrogens with one attached hydrogen (secondary N) is 1. The smallest absolute Gasteiger partial charge is 0.123 e. The molecular formula is C17H20FN5. The fourth-order valence-electron chi connectivity index (χ4n) is 2.28. The van der Waals surface area contributed by atoms with Crippen LogP contribution in [0.3, 0.4) is 0 Å². The van der Waals surface area contributed by atoms with Crippen molar-refractivity contribution in [1.82, 2.24) is 19.6 Å². The zero-order chi connectivity index (χ0) is 16.2. The van der Waals surface area contributed by atoms with Gasteiger partial charge in [-0.05, 0) is 31.5 Å². The maximum atomic E-state index is 12.9. The number of anilines is 1. The minimum Gasteiger partial charge on any atom is -0.378 e. The molecule has 0 aliphatic rings. The van der Waals surface area contributed by atoms with Gasteiger partial charge in [-0.2, -0.15) is 10.2 Å². The van der Waals surface area contributed by atoms with Crippen LogP contribution < -0.4 is 5.32 Å². The van der Waals surface area contributed by atoms with Crippen LogP contribution in [-0.2, 0) is 13.1 Å². The van der Waals surface area contributed by atoms with Crippen molar-refractivity contribution in [3.05, 3.63) is 66.0 Å². The Hall–Kier alpha value is -2.63. The predicted octanol–water partition coefficient (Wildman–Crippen LogP) is 3.46. The summed E-state index contributed by atoms with van der Waals surface area (Å²) in [5.41, 5.74) is 3.10. The van der Waals surface area contributed by atoms with E-state index in [-0.39, 0.29) is 5.82 Å². The van der Waals surface area contributed by atoms with E-state index in [0.717, 1.165) is 16.8 Å². The Balaban J connectivity index is 1.57. The highest BCUT2D eigenvalue weighted by Crippen LogP contribution is 2.12. The van der Waals surface area contributed by atoms with Crippen LogP contribution in [0.2, 0.25) is 0 Å². The molecule has 0 aliphatic heterocycles. The summed E-state index contributed by atoms with van der Waals surface area (Å²) < 4.78 is 16.7. The minimum atomic E-state index is -0.221. The number of hydrogen-bond acceptors (Lipinski definition) is 3. The van der Waals surface area contributed by atoms with Gasteiger partial charge in [-0.25, -0.2) is 4.39 Å². The summed E-state index contributed by atoms with van der Waals surface area (Å²) in [5.74, 6) is -0.221. The van der Waals surface area contributed by atoms with Crippen LogP contribution in [0.25, 0.3) is 0 Å². The van der Waals surface area contributed by atoms with Gasteiger partial charge >= 0.3 is 0 Å². The fraction of sp³-hybridized carbons (Fsp3) is 0.294. The third kappa shape index (κ3) is 3.97. The molecule has 1 N–H and O–H groups in total. The van der Waals surface area contributed by atoms with Crippen LogP contribution >= 0.6 is 0 Å². The lowest BCUT2D eigenvalue weighted by atomic mass is 10.2. The first kappa shape index (κ1) is 15.3. The Morgan fingerprint density at radius 2 is 1.83 bits per heavy atom. The van der Waals surface area contributed by atoms with Crippen LogP contribution in [0.4, 0.5) is 10.1 Å². The quantitative estimate of drug-likeness (QED) is 0.758. The molecular weight excluding hydrogens is 293 g/mol. The van der Waals surface area contributed by atoms with E-state index in [1.54, 1.807) is 12.1 Å². The predicted molar refractivity (Wildman–Crippen MR) is 87.7 cm³/mol. The normalized spacial score (nSPS) is 11.1. The first-order valence-electron chi connectivity index (χ1n) is 7.64. The van der Waals surface area contributed by atoms with Crippen molar-refractivity contribution in [2.24, 2.45) is 0 Å². The Morgan fingerprint density at radius 3 is 2.52 bits per heavy atom. The van der Waals surface area contributed by atoms with Gasteiger partial charge in [0.25, 0.3) is 0 Å². The minimum absolute atomic E-state index is 0.221. The first-order valence-corrected chi connectivity index (χ1v) is 7.64. The van der Waals surface area contributed by atoms with E-state index in [0.29, 0.717) is 19.1 Å². The van der Waals surface area contributed by atoms with Crippen LogP contribution in [0, 0.1) is 5.82 Å². The van der Waals surface area contributed by atoms with Gasteiger partial charge in [0.1, 0.15) is 5.82 Å². The Kier molecular flexibility index (Phi) is 4.41. The fourth-order valence-corrected chi connectivity index (χ4v) is 2.28. The summed E-state index contributed by atoms with van der Waals surface area (Å²) in [6, 6.07) is 6.83. The number of nitrogens with zero attached hydrogens (tertiary/aromatic N) is 4. The summed E-state index contributed by atoms with van der Waals surface area (Å²) >= 11 is 0. The molecule has 120 valence electrons. The van der Waals surface area contributed by atoms with Gasteiger partial charge in [-0.1, -0.05) is 12.1 Å². The molecule has 0 unspecified atom stereocenters. The van der Waals surface area contributed by atoms with E-state index in [9.17, 15) is 4.39 Å². The lowest BCUT2D eigenvalue weighted by Crippen LogP contribution is -2.01. The topological polar surface area (TPSA) is 47.7 Å². The van der Waals surface area contributed by atoms with Gasteiger partial charge in [-0.3, -0.25) is 9.36 Å². The average Bonchev–Trinajstić information content (AvgIpc) is 3.17. The van der Waals surface area contributed by atoms with Gasteiger partial charge < -0.3 is 5.32 Å². The molecule has 2 heterocycles. The van der Waals surface area contributed by atoms with Crippen molar-refractivity contribution in [3.63, 3.8) is 0 Å². The lowest BCUT2D eigenvalue weighted by molar-refractivity contribution is 0.532. The molecule has 0 aliphatic carbocycles. The van der Waals surface area contributed by atoms with E-state index in [2.05, 4.69) is 29.4 Å². The molecule has 0 radical (unpaired) electrons. The van der Waals surface area contributed by atoms with Gasteiger partial charge in [-0.15, -0.1) is 0 Å². The SMILES string of the molecule is CC(C)n1cc(NCc2cnn(Cc3ccc(F)cc3)c2)cn1. The van der Waals surface area contributed by atoms with Crippen LogP contribution in [0.5, 0.6) is 0 Å². The van der Waals surface area contributed by atoms with Crippen LogP contribution in [0.15, 0.2) is 49.1 Å². The van der Waals surface area contributed by atoms with Gasteiger partial charge in [0.15, 0.2) is 0 Å². The lowest BCUT2D eigenvalue weighted by Gasteiger charge is -2.04. The molecule has 6 heteroatoms. The van der Waals surface area contributed by atoms with Crippen LogP contribution in [0.1, 0.15) is 31.0 Å². The maximum absolute atomic E-state index is 12.9. The molecule has 0 saturated carbocycles. The van der Waals surface area contributed by atoms with Crippen molar-refractivity contribution in [2.45, 2.75) is 33.0 Å². The van der Waals surface area contributed by atoms with E-state index in [1.165, 1.54) is 12.1 Å². The van der Waals surface area contributed by atoms with Crippen molar-refractivity contribution in [2.75, 3.05) is 5.32 Å². The monoisotopic (exact) mass is 313 g/mol. The zero-order valence-electron chi connectivity index (χ0n) is 13.3. The number of rotatable bonds is 6. The standard InChI is InChI=1S/C17H20FN5/c1-13(2)23-12-17(9-21-23)19-7-15-8-20-22(11-15)10-14-3-5-16(18)6-4-14/h3-6,8-9,11-13,19H,7,10H2,1-2H3. The third-order valence-electron chi connectivity index (χ3n) is 3.57. The van der Waals surface area contributed by atoms with Crippen molar-refractivity contribution in [3.8, 4) is 0 Å². The first-order chi connectivity index (χ1) is 11.1. The van der Waals surface area contributed by atoms with E-state index in [1.807, 2.05) is 34.2 Å². The molecule has 0 bridgehead atoms. The molecule has 0 fully saturated rings. The van der Waals surface area contributed by atoms with Crippen molar-refractivity contribution < 1.29 is 4.39 Å². The third-order valence-corrected chi connectivity index (χ3v) is 3.57. The van der Waals surface area contributed by atoms with E-state index >= 15 is 0 Å². The second kappa shape index (κ2) is 6.64. The molecule has 2 aromatic heterocycles. The summed E-state index contributed by atoms with van der Waals surface area (Å²) in [5, 5.41) is 12.0. The summed E-state index contributed by atoms with van der Waals surface area (Å²) in [4.78, 5) is 0. The highest BCUT2D eigenvalue weighted by molar-refractivity contribution is 5.38.